The van der Waals surface area contributed by atoms with Crippen LogP contribution in [-0.2, 0) is 0 Å². The van der Waals surface area contributed by atoms with E-state index in [2.05, 4.69) is 37.5 Å². The number of halogens is 1. The summed E-state index contributed by atoms with van der Waals surface area (Å²) >= 11 is 5.30. The van der Waals surface area contributed by atoms with Gasteiger partial charge in [-0.3, -0.25) is 0 Å². The van der Waals surface area contributed by atoms with Crippen LogP contribution in [0.1, 0.15) is 25.7 Å². The number of anilines is 2. The lowest BCUT2D eigenvalue weighted by Gasteiger charge is -2.28. The number of rotatable bonds is 3. The van der Waals surface area contributed by atoms with Crippen LogP contribution in [0.25, 0.3) is 0 Å². The molecule has 6 heteroatoms. The van der Waals surface area contributed by atoms with Crippen molar-refractivity contribution >= 4 is 39.5 Å². The summed E-state index contributed by atoms with van der Waals surface area (Å²) < 4.78 is 0.727. The highest BCUT2D eigenvalue weighted by atomic mass is 79.9. The van der Waals surface area contributed by atoms with Crippen LogP contribution in [0, 0.1) is 0 Å². The van der Waals surface area contributed by atoms with Gasteiger partial charge in [0.1, 0.15) is 10.4 Å². The lowest BCUT2D eigenvalue weighted by atomic mass is 9.95. The van der Waals surface area contributed by atoms with Gasteiger partial charge < -0.3 is 11.1 Å². The Morgan fingerprint density at radius 1 is 1.35 bits per heavy atom. The van der Waals surface area contributed by atoms with Gasteiger partial charge in [0.2, 0.25) is 5.95 Å². The number of nitrogens with zero attached hydrogens (tertiary/aromatic N) is 2. The number of nitrogens with one attached hydrogen (secondary N) is 1. The molecule has 1 aliphatic carbocycles. The van der Waals surface area contributed by atoms with Crippen LogP contribution in [0.4, 0.5) is 11.8 Å². The van der Waals surface area contributed by atoms with E-state index in [4.69, 9.17) is 5.73 Å². The van der Waals surface area contributed by atoms with Gasteiger partial charge in [0.05, 0.1) is 0 Å². The zero-order valence-corrected chi connectivity index (χ0v) is 12.2. The lowest BCUT2D eigenvalue weighted by Crippen LogP contribution is -2.28. The van der Waals surface area contributed by atoms with Crippen molar-refractivity contribution < 1.29 is 0 Å². The molecule has 17 heavy (non-hydrogen) atoms. The van der Waals surface area contributed by atoms with Gasteiger partial charge >= 0.3 is 0 Å². The molecule has 0 aromatic carbocycles. The van der Waals surface area contributed by atoms with E-state index in [9.17, 15) is 0 Å². The predicted octanol–water partition coefficient (Wildman–Crippen LogP) is 2.91. The first-order valence-electron chi connectivity index (χ1n) is 5.77. The molecule has 0 spiro atoms. The Morgan fingerprint density at radius 2 is 2.06 bits per heavy atom. The van der Waals surface area contributed by atoms with Crippen LogP contribution in [0.3, 0.4) is 0 Å². The van der Waals surface area contributed by atoms with Crippen molar-refractivity contribution in [1.82, 2.24) is 9.97 Å². The Kier molecular flexibility index (Phi) is 4.50. The Bertz CT molecular complexity index is 359. The molecule has 1 saturated carbocycles. The molecule has 0 atom stereocenters. The standard InChI is InChI=1S/C11H17BrN4S/c1-17-8-4-2-7(3-5-8)14-11-15-9(12)6-10(13)16-11/h6-8H,2-5H2,1H3,(H3,13,14,15,16). The monoisotopic (exact) mass is 316 g/mol. The van der Waals surface area contributed by atoms with Gasteiger partial charge in [0, 0.05) is 17.4 Å². The minimum Gasteiger partial charge on any atom is -0.383 e. The average molecular weight is 317 g/mol. The van der Waals surface area contributed by atoms with Crippen molar-refractivity contribution in [1.29, 1.82) is 0 Å². The van der Waals surface area contributed by atoms with Crippen molar-refractivity contribution in [3.63, 3.8) is 0 Å². The smallest absolute Gasteiger partial charge is 0.225 e. The maximum Gasteiger partial charge on any atom is 0.225 e. The number of aromatic nitrogens is 2. The molecule has 0 amide bonds. The first-order valence-corrected chi connectivity index (χ1v) is 7.85. The van der Waals surface area contributed by atoms with Crippen LogP contribution in [0.2, 0.25) is 0 Å². The Labute approximate surface area is 114 Å². The first-order chi connectivity index (χ1) is 8.17. The third-order valence-corrected chi connectivity index (χ3v) is 4.60. The van der Waals surface area contributed by atoms with Gasteiger partial charge in [0.15, 0.2) is 0 Å². The van der Waals surface area contributed by atoms with Gasteiger partial charge in [-0.1, -0.05) is 0 Å². The van der Waals surface area contributed by atoms with Crippen LogP contribution < -0.4 is 11.1 Å². The normalized spacial score (nSPS) is 24.6. The molecule has 4 nitrogen and oxygen atoms in total. The fourth-order valence-corrected chi connectivity index (χ4v) is 3.27. The maximum atomic E-state index is 5.68. The molecular weight excluding hydrogens is 300 g/mol. The van der Waals surface area contributed by atoms with Crippen molar-refractivity contribution in [3.8, 4) is 0 Å². The average Bonchev–Trinajstić information content (AvgIpc) is 2.28. The summed E-state index contributed by atoms with van der Waals surface area (Å²) in [5.41, 5.74) is 5.68. The van der Waals surface area contributed by atoms with Gasteiger partial charge in [0.25, 0.3) is 0 Å². The second-order valence-corrected chi connectivity index (χ2v) is 6.24. The van der Waals surface area contributed by atoms with E-state index >= 15 is 0 Å². The van der Waals surface area contributed by atoms with Gasteiger partial charge in [-0.05, 0) is 47.9 Å². The van der Waals surface area contributed by atoms with Crippen LogP contribution in [-0.4, -0.2) is 27.5 Å². The highest BCUT2D eigenvalue weighted by Crippen LogP contribution is 2.28. The van der Waals surface area contributed by atoms with E-state index in [1.165, 1.54) is 25.7 Å². The summed E-state index contributed by atoms with van der Waals surface area (Å²) in [5.74, 6) is 1.12. The van der Waals surface area contributed by atoms with Crippen molar-refractivity contribution in [2.24, 2.45) is 0 Å². The highest BCUT2D eigenvalue weighted by Gasteiger charge is 2.20. The number of nitrogens with two attached hydrogens (primary N) is 1. The summed E-state index contributed by atoms with van der Waals surface area (Å²) in [6, 6.07) is 2.18. The van der Waals surface area contributed by atoms with E-state index < -0.39 is 0 Å². The number of hydrogen-bond donors (Lipinski definition) is 2. The SMILES string of the molecule is CSC1CCC(Nc2nc(N)cc(Br)n2)CC1. The molecule has 94 valence electrons. The first kappa shape index (κ1) is 13.0. The second-order valence-electron chi connectivity index (χ2n) is 4.29. The van der Waals surface area contributed by atoms with Gasteiger partial charge in [-0.25, -0.2) is 4.98 Å². The molecule has 1 fully saturated rings. The molecule has 0 bridgehead atoms. The third-order valence-electron chi connectivity index (χ3n) is 3.06. The maximum absolute atomic E-state index is 5.68. The summed E-state index contributed by atoms with van der Waals surface area (Å²) in [6.07, 6.45) is 7.09. The Balaban J connectivity index is 1.93. The molecule has 0 radical (unpaired) electrons. The molecule has 0 saturated heterocycles. The molecule has 1 aromatic heterocycles. The Morgan fingerprint density at radius 3 is 2.65 bits per heavy atom. The van der Waals surface area contributed by atoms with Crippen LogP contribution in [0.5, 0.6) is 0 Å². The third kappa shape index (κ3) is 3.74. The van der Waals surface area contributed by atoms with Crippen molar-refractivity contribution in [2.45, 2.75) is 37.0 Å². The Hall–Kier alpha value is -0.490. The molecule has 2 rings (SSSR count). The predicted molar refractivity (Wildman–Crippen MR) is 77.3 cm³/mol. The van der Waals surface area contributed by atoms with Crippen LogP contribution in [0.15, 0.2) is 10.7 Å². The van der Waals surface area contributed by atoms with E-state index in [0.29, 0.717) is 17.8 Å². The molecule has 1 heterocycles. The summed E-state index contributed by atoms with van der Waals surface area (Å²) in [6.45, 7) is 0. The fourth-order valence-electron chi connectivity index (χ4n) is 2.13. The molecule has 0 unspecified atom stereocenters. The molecular formula is C11H17BrN4S. The largest absolute Gasteiger partial charge is 0.383 e. The second kappa shape index (κ2) is 5.91. The summed E-state index contributed by atoms with van der Waals surface area (Å²) in [4.78, 5) is 8.46. The minimum atomic E-state index is 0.479. The van der Waals surface area contributed by atoms with Crippen molar-refractivity contribution in [3.05, 3.63) is 10.7 Å². The highest BCUT2D eigenvalue weighted by molar-refractivity contribution is 9.10. The van der Waals surface area contributed by atoms with Gasteiger partial charge in [-0.15, -0.1) is 0 Å². The van der Waals surface area contributed by atoms with E-state index in [-0.39, 0.29) is 0 Å². The minimum absolute atomic E-state index is 0.479. The van der Waals surface area contributed by atoms with Gasteiger partial charge in [-0.2, -0.15) is 16.7 Å². The molecule has 1 aliphatic rings. The molecule has 0 aliphatic heterocycles. The quantitative estimate of drug-likeness (QED) is 0.839. The zero-order chi connectivity index (χ0) is 12.3. The van der Waals surface area contributed by atoms with E-state index in [1.807, 2.05) is 11.8 Å². The fraction of sp³-hybridized carbons (Fsp3) is 0.636. The number of thioether (sulfide) groups is 1. The van der Waals surface area contributed by atoms with Crippen molar-refractivity contribution in [2.75, 3.05) is 17.3 Å². The van der Waals surface area contributed by atoms with E-state index in [1.54, 1.807) is 6.07 Å². The summed E-state index contributed by atoms with van der Waals surface area (Å²) in [7, 11) is 0. The molecule has 3 N–H and O–H groups in total. The number of hydrogen-bond acceptors (Lipinski definition) is 5. The number of nitrogen functional groups attached to an aromatic ring is 1. The lowest BCUT2D eigenvalue weighted by molar-refractivity contribution is 0.471. The van der Waals surface area contributed by atoms with E-state index in [0.717, 1.165) is 9.85 Å². The topological polar surface area (TPSA) is 63.8 Å². The molecule has 1 aromatic rings. The summed E-state index contributed by atoms with van der Waals surface area (Å²) in [5, 5.41) is 4.19. The zero-order valence-electron chi connectivity index (χ0n) is 9.82. The van der Waals surface area contributed by atoms with Crippen LogP contribution >= 0.6 is 27.7 Å².